The first-order valence-electron chi connectivity index (χ1n) is 8.39. The number of pyridine rings is 1. The lowest BCUT2D eigenvalue weighted by Gasteiger charge is -2.08. The lowest BCUT2D eigenvalue weighted by molar-refractivity contribution is 0.0940. The SMILES string of the molecule is Cc1c(Cl)cccc1NC(=O)c1nc(C(=O)NC2CC2)n2ccccc12. The second-order valence-electron chi connectivity index (χ2n) is 6.35. The molecule has 3 aromatic rings. The zero-order valence-electron chi connectivity index (χ0n) is 14.1. The lowest BCUT2D eigenvalue weighted by Crippen LogP contribution is -2.27. The molecule has 1 fully saturated rings. The third-order valence-electron chi connectivity index (χ3n) is 4.40. The van der Waals surface area contributed by atoms with E-state index in [0.29, 0.717) is 16.2 Å². The van der Waals surface area contributed by atoms with Crippen LogP contribution in [0.2, 0.25) is 5.02 Å². The molecule has 26 heavy (non-hydrogen) atoms. The summed E-state index contributed by atoms with van der Waals surface area (Å²) >= 11 is 6.11. The van der Waals surface area contributed by atoms with E-state index in [1.165, 1.54) is 0 Å². The fraction of sp³-hybridized carbons (Fsp3) is 0.211. The van der Waals surface area contributed by atoms with Crippen molar-refractivity contribution in [3.05, 3.63) is 64.7 Å². The van der Waals surface area contributed by atoms with Gasteiger partial charge in [-0.2, -0.15) is 0 Å². The van der Waals surface area contributed by atoms with Gasteiger partial charge in [-0.15, -0.1) is 0 Å². The van der Waals surface area contributed by atoms with Gasteiger partial charge in [0.15, 0.2) is 5.69 Å². The number of hydrogen-bond donors (Lipinski definition) is 2. The van der Waals surface area contributed by atoms with E-state index in [2.05, 4.69) is 15.6 Å². The molecule has 2 aromatic heterocycles. The minimum atomic E-state index is -0.385. The highest BCUT2D eigenvalue weighted by Crippen LogP contribution is 2.24. The number of carbonyl (C=O) groups excluding carboxylic acids is 2. The molecule has 2 heterocycles. The van der Waals surface area contributed by atoms with Crippen LogP contribution in [0.25, 0.3) is 5.52 Å². The summed E-state index contributed by atoms with van der Waals surface area (Å²) in [6, 6.07) is 10.9. The molecule has 0 unspecified atom stereocenters. The molecule has 7 heteroatoms. The van der Waals surface area contributed by atoms with Gasteiger partial charge in [-0.1, -0.05) is 23.7 Å². The summed E-state index contributed by atoms with van der Waals surface area (Å²) in [7, 11) is 0. The van der Waals surface area contributed by atoms with Crippen LogP contribution < -0.4 is 10.6 Å². The summed E-state index contributed by atoms with van der Waals surface area (Å²) in [5.41, 5.74) is 2.16. The van der Waals surface area contributed by atoms with Crippen molar-refractivity contribution in [2.24, 2.45) is 0 Å². The van der Waals surface area contributed by atoms with Gasteiger partial charge >= 0.3 is 0 Å². The van der Waals surface area contributed by atoms with Crippen LogP contribution in [-0.4, -0.2) is 27.2 Å². The molecule has 132 valence electrons. The number of rotatable bonds is 4. The van der Waals surface area contributed by atoms with E-state index < -0.39 is 0 Å². The number of hydrogen-bond acceptors (Lipinski definition) is 3. The molecule has 1 aliphatic carbocycles. The first-order valence-corrected chi connectivity index (χ1v) is 8.77. The Labute approximate surface area is 155 Å². The van der Waals surface area contributed by atoms with Gasteiger partial charge < -0.3 is 10.6 Å². The number of amides is 2. The second kappa shape index (κ2) is 6.46. The fourth-order valence-electron chi connectivity index (χ4n) is 2.77. The maximum absolute atomic E-state index is 12.8. The maximum atomic E-state index is 12.8. The summed E-state index contributed by atoms with van der Waals surface area (Å²) in [5, 5.41) is 6.31. The molecule has 0 aliphatic heterocycles. The van der Waals surface area contributed by atoms with E-state index in [1.54, 1.807) is 47.0 Å². The summed E-state index contributed by atoms with van der Waals surface area (Å²) < 4.78 is 1.64. The summed E-state index contributed by atoms with van der Waals surface area (Å²) in [4.78, 5) is 29.6. The van der Waals surface area contributed by atoms with Crippen molar-refractivity contribution < 1.29 is 9.59 Å². The molecular weight excluding hydrogens is 352 g/mol. The topological polar surface area (TPSA) is 75.5 Å². The van der Waals surface area contributed by atoms with Gasteiger partial charge in [0, 0.05) is 22.9 Å². The van der Waals surface area contributed by atoms with Crippen LogP contribution in [0.5, 0.6) is 0 Å². The van der Waals surface area contributed by atoms with Crippen LogP contribution in [0.15, 0.2) is 42.6 Å². The lowest BCUT2D eigenvalue weighted by atomic mass is 10.2. The number of benzene rings is 1. The number of aromatic nitrogens is 2. The van der Waals surface area contributed by atoms with E-state index >= 15 is 0 Å². The number of imidazole rings is 1. The minimum absolute atomic E-state index is 0.200. The first kappa shape index (κ1) is 16.6. The van der Waals surface area contributed by atoms with Crippen LogP contribution in [0, 0.1) is 6.92 Å². The molecule has 1 aliphatic rings. The highest BCUT2D eigenvalue weighted by atomic mass is 35.5. The fourth-order valence-corrected chi connectivity index (χ4v) is 2.94. The standard InChI is InChI=1S/C19H17ClN4O2/c1-11-13(20)5-4-6-14(11)22-18(25)16-15-7-2-3-10-24(15)17(23-16)19(26)21-12-8-9-12/h2-7,10,12H,8-9H2,1H3,(H,21,26)(H,22,25). The molecule has 4 rings (SSSR count). The van der Waals surface area contributed by atoms with E-state index in [9.17, 15) is 9.59 Å². The van der Waals surface area contributed by atoms with Crippen molar-refractivity contribution >= 4 is 34.6 Å². The summed E-state index contributed by atoms with van der Waals surface area (Å²) in [6.45, 7) is 1.83. The molecule has 6 nitrogen and oxygen atoms in total. The molecular formula is C19H17ClN4O2. The van der Waals surface area contributed by atoms with Crippen molar-refractivity contribution in [1.82, 2.24) is 14.7 Å². The molecule has 0 spiro atoms. The van der Waals surface area contributed by atoms with E-state index in [0.717, 1.165) is 18.4 Å². The van der Waals surface area contributed by atoms with Crippen molar-refractivity contribution in [3.8, 4) is 0 Å². The van der Waals surface area contributed by atoms with Crippen LogP contribution in [0.4, 0.5) is 5.69 Å². The molecule has 0 atom stereocenters. The number of fused-ring (bicyclic) bond motifs is 1. The maximum Gasteiger partial charge on any atom is 0.287 e. The zero-order valence-corrected chi connectivity index (χ0v) is 14.9. The van der Waals surface area contributed by atoms with Crippen molar-refractivity contribution in [2.75, 3.05) is 5.32 Å². The Morgan fingerprint density at radius 3 is 2.73 bits per heavy atom. The van der Waals surface area contributed by atoms with Crippen LogP contribution in [0.1, 0.15) is 39.5 Å². The summed E-state index contributed by atoms with van der Waals surface area (Å²) in [6.07, 6.45) is 3.69. The number of nitrogens with one attached hydrogen (secondary N) is 2. The quantitative estimate of drug-likeness (QED) is 0.740. The largest absolute Gasteiger partial charge is 0.347 e. The van der Waals surface area contributed by atoms with Gasteiger partial charge in [-0.25, -0.2) is 4.98 Å². The average molecular weight is 369 g/mol. The van der Waals surface area contributed by atoms with Gasteiger partial charge in [-0.3, -0.25) is 14.0 Å². The van der Waals surface area contributed by atoms with Crippen LogP contribution >= 0.6 is 11.6 Å². The van der Waals surface area contributed by atoms with Gasteiger partial charge in [-0.05, 0) is 49.6 Å². The van der Waals surface area contributed by atoms with Gasteiger partial charge in [0.1, 0.15) is 0 Å². The molecule has 0 radical (unpaired) electrons. The first-order chi connectivity index (χ1) is 12.5. The number of carbonyl (C=O) groups is 2. The Hall–Kier alpha value is -2.86. The molecule has 2 N–H and O–H groups in total. The predicted octanol–water partition coefficient (Wildman–Crippen LogP) is 3.44. The second-order valence-corrected chi connectivity index (χ2v) is 6.76. The summed E-state index contributed by atoms with van der Waals surface area (Å²) in [5.74, 6) is -0.448. The zero-order chi connectivity index (χ0) is 18.3. The Morgan fingerprint density at radius 2 is 1.96 bits per heavy atom. The van der Waals surface area contributed by atoms with E-state index in [1.807, 2.05) is 6.92 Å². The third-order valence-corrected chi connectivity index (χ3v) is 4.80. The van der Waals surface area contributed by atoms with E-state index in [4.69, 9.17) is 11.6 Å². The highest BCUT2D eigenvalue weighted by molar-refractivity contribution is 6.31. The molecule has 1 saturated carbocycles. The van der Waals surface area contributed by atoms with Crippen molar-refractivity contribution in [1.29, 1.82) is 0 Å². The number of nitrogens with zero attached hydrogens (tertiary/aromatic N) is 2. The Kier molecular flexibility index (Phi) is 4.12. The van der Waals surface area contributed by atoms with Gasteiger partial charge in [0.05, 0.1) is 5.52 Å². The Morgan fingerprint density at radius 1 is 1.15 bits per heavy atom. The average Bonchev–Trinajstić information content (AvgIpc) is 3.35. The Balaban J connectivity index is 1.70. The van der Waals surface area contributed by atoms with Crippen molar-refractivity contribution in [2.45, 2.75) is 25.8 Å². The molecule has 0 saturated heterocycles. The monoisotopic (exact) mass is 368 g/mol. The minimum Gasteiger partial charge on any atom is -0.347 e. The van der Waals surface area contributed by atoms with Gasteiger partial charge in [0.25, 0.3) is 11.8 Å². The molecule has 2 amide bonds. The number of anilines is 1. The molecule has 1 aromatic carbocycles. The van der Waals surface area contributed by atoms with Crippen LogP contribution in [-0.2, 0) is 0 Å². The van der Waals surface area contributed by atoms with Gasteiger partial charge in [0.2, 0.25) is 5.82 Å². The van der Waals surface area contributed by atoms with Crippen molar-refractivity contribution in [3.63, 3.8) is 0 Å². The third kappa shape index (κ3) is 3.04. The smallest absolute Gasteiger partial charge is 0.287 e. The van der Waals surface area contributed by atoms with Crippen LogP contribution in [0.3, 0.4) is 0 Å². The van der Waals surface area contributed by atoms with E-state index in [-0.39, 0.29) is 29.4 Å². The number of halogens is 1. The highest BCUT2D eigenvalue weighted by Gasteiger charge is 2.27. The molecule has 0 bridgehead atoms. The predicted molar refractivity (Wildman–Crippen MR) is 99.8 cm³/mol. The Bertz CT molecular complexity index is 1020. The normalized spacial score (nSPS) is 13.6.